The van der Waals surface area contributed by atoms with Crippen LogP contribution in [0.4, 0.5) is 0 Å². The van der Waals surface area contributed by atoms with Crippen molar-refractivity contribution >= 4 is 23.9 Å². The first-order valence-electron chi connectivity index (χ1n) is 9.73. The van der Waals surface area contributed by atoms with E-state index in [1.54, 1.807) is 12.2 Å². The van der Waals surface area contributed by atoms with E-state index in [1.807, 2.05) is 48.5 Å². The molecule has 5 heteroatoms. The molecular weight excluding hydrogens is 364 g/mol. The van der Waals surface area contributed by atoms with E-state index in [-0.39, 0.29) is 5.78 Å². The van der Waals surface area contributed by atoms with Gasteiger partial charge in [0, 0.05) is 44.4 Å². The fourth-order valence-electron chi connectivity index (χ4n) is 3.19. The average Bonchev–Trinajstić information content (AvgIpc) is 2.73. The van der Waals surface area contributed by atoms with E-state index in [4.69, 9.17) is 5.11 Å². The van der Waals surface area contributed by atoms with Crippen molar-refractivity contribution in [2.75, 3.05) is 33.2 Å². The Morgan fingerprint density at radius 1 is 0.862 bits per heavy atom. The highest BCUT2D eigenvalue weighted by Gasteiger charge is 2.13. The van der Waals surface area contributed by atoms with Crippen LogP contribution in [0.5, 0.6) is 0 Å². The largest absolute Gasteiger partial charge is 0.478 e. The Hall–Kier alpha value is -3.02. The summed E-state index contributed by atoms with van der Waals surface area (Å²) in [5, 5.41) is 8.65. The molecule has 1 fully saturated rings. The summed E-state index contributed by atoms with van der Waals surface area (Å²) in [6.07, 6.45) is 5.97. The predicted molar refractivity (Wildman–Crippen MR) is 116 cm³/mol. The number of benzene rings is 2. The Morgan fingerprint density at radius 2 is 1.41 bits per heavy atom. The van der Waals surface area contributed by atoms with Gasteiger partial charge in [-0.15, -0.1) is 0 Å². The zero-order valence-corrected chi connectivity index (χ0v) is 16.6. The number of nitrogens with zero attached hydrogens (tertiary/aromatic N) is 2. The molecule has 0 amide bonds. The number of carbonyl (C=O) groups excluding carboxylic acids is 1. The fraction of sp³-hybridized carbons (Fsp3) is 0.250. The number of hydrogen-bond acceptors (Lipinski definition) is 4. The molecule has 0 unspecified atom stereocenters. The van der Waals surface area contributed by atoms with Crippen molar-refractivity contribution in [1.82, 2.24) is 9.80 Å². The van der Waals surface area contributed by atoms with Crippen LogP contribution in [0.2, 0.25) is 0 Å². The maximum Gasteiger partial charge on any atom is 0.328 e. The SMILES string of the molecule is CN1CCN(Cc2ccc(C(=O)C=Cc3ccc(C=CC(=O)O)cc3)cc2)CC1. The third-order valence-electron chi connectivity index (χ3n) is 5.02. The van der Waals surface area contributed by atoms with Gasteiger partial charge in [-0.2, -0.15) is 0 Å². The molecule has 0 bridgehead atoms. The van der Waals surface area contributed by atoms with Gasteiger partial charge in [0.1, 0.15) is 0 Å². The van der Waals surface area contributed by atoms with Crippen LogP contribution < -0.4 is 0 Å². The van der Waals surface area contributed by atoms with Gasteiger partial charge >= 0.3 is 5.97 Å². The van der Waals surface area contributed by atoms with Crippen LogP contribution in [0.15, 0.2) is 60.7 Å². The van der Waals surface area contributed by atoms with Gasteiger partial charge in [0.25, 0.3) is 0 Å². The monoisotopic (exact) mass is 390 g/mol. The molecule has 2 aromatic rings. The molecule has 0 atom stereocenters. The Kier molecular flexibility index (Phi) is 7.11. The summed E-state index contributed by atoms with van der Waals surface area (Å²) in [5.41, 5.74) is 3.58. The van der Waals surface area contributed by atoms with Crippen LogP contribution in [0.25, 0.3) is 12.2 Å². The van der Waals surface area contributed by atoms with Crippen molar-refractivity contribution in [3.63, 3.8) is 0 Å². The molecule has 5 nitrogen and oxygen atoms in total. The summed E-state index contributed by atoms with van der Waals surface area (Å²) >= 11 is 0. The highest BCUT2D eigenvalue weighted by atomic mass is 16.4. The van der Waals surface area contributed by atoms with Crippen LogP contribution in [0.3, 0.4) is 0 Å². The molecule has 1 aliphatic heterocycles. The van der Waals surface area contributed by atoms with Gasteiger partial charge in [-0.05, 0) is 35.9 Å². The number of hydrogen-bond donors (Lipinski definition) is 1. The van der Waals surface area contributed by atoms with Gasteiger partial charge in [-0.1, -0.05) is 54.6 Å². The van der Waals surface area contributed by atoms with E-state index in [1.165, 1.54) is 11.6 Å². The number of piperazine rings is 1. The molecule has 0 aliphatic carbocycles. The van der Waals surface area contributed by atoms with Crippen molar-refractivity contribution in [1.29, 1.82) is 0 Å². The zero-order chi connectivity index (χ0) is 20.6. The first-order valence-corrected chi connectivity index (χ1v) is 9.73. The fourth-order valence-corrected chi connectivity index (χ4v) is 3.19. The molecule has 29 heavy (non-hydrogen) atoms. The molecule has 150 valence electrons. The normalized spacial score (nSPS) is 15.9. The molecule has 2 aromatic carbocycles. The average molecular weight is 390 g/mol. The topological polar surface area (TPSA) is 60.9 Å². The van der Waals surface area contributed by atoms with Crippen molar-refractivity contribution in [3.05, 3.63) is 82.9 Å². The highest BCUT2D eigenvalue weighted by molar-refractivity contribution is 6.06. The van der Waals surface area contributed by atoms with Crippen LogP contribution in [-0.4, -0.2) is 59.9 Å². The van der Waals surface area contributed by atoms with Gasteiger partial charge in [0.2, 0.25) is 0 Å². The lowest BCUT2D eigenvalue weighted by Crippen LogP contribution is -2.43. The number of carboxylic acid groups (broad SMARTS) is 1. The minimum absolute atomic E-state index is 0.0361. The van der Waals surface area contributed by atoms with Crippen molar-refractivity contribution < 1.29 is 14.7 Å². The lowest BCUT2D eigenvalue weighted by atomic mass is 10.1. The summed E-state index contributed by atoms with van der Waals surface area (Å²) in [6.45, 7) is 5.26. The number of likely N-dealkylation sites (N-methyl/N-ethyl adjacent to an activating group) is 1. The summed E-state index contributed by atoms with van der Waals surface area (Å²) in [6, 6.07) is 15.2. The Morgan fingerprint density at radius 3 is 1.97 bits per heavy atom. The van der Waals surface area contributed by atoms with E-state index in [9.17, 15) is 9.59 Å². The molecule has 1 saturated heterocycles. The number of rotatable bonds is 7. The van der Waals surface area contributed by atoms with Crippen LogP contribution in [-0.2, 0) is 11.3 Å². The number of ketones is 1. The number of allylic oxidation sites excluding steroid dienone is 1. The molecule has 0 spiro atoms. The maximum atomic E-state index is 12.4. The first kappa shape index (κ1) is 20.7. The van der Waals surface area contributed by atoms with E-state index in [0.717, 1.165) is 49.9 Å². The molecule has 0 aromatic heterocycles. The minimum atomic E-state index is -0.978. The summed E-state index contributed by atoms with van der Waals surface area (Å²) in [4.78, 5) is 27.7. The predicted octanol–water partition coefficient (Wildman–Crippen LogP) is 3.43. The standard InChI is InChI=1S/C24H26N2O3/c1-25-14-16-26(17-15-25)18-21-6-10-22(11-7-21)23(27)12-8-19-2-4-20(5-3-19)9-13-24(28)29/h2-13H,14-18H2,1H3,(H,28,29). The molecule has 0 radical (unpaired) electrons. The maximum absolute atomic E-state index is 12.4. The van der Waals surface area contributed by atoms with Gasteiger partial charge in [0.15, 0.2) is 5.78 Å². The quantitative estimate of drug-likeness (QED) is 0.580. The van der Waals surface area contributed by atoms with Crippen LogP contribution in [0.1, 0.15) is 27.0 Å². The van der Waals surface area contributed by atoms with Gasteiger partial charge in [-0.25, -0.2) is 4.79 Å². The summed E-state index contributed by atoms with van der Waals surface area (Å²) in [7, 11) is 2.15. The second-order valence-corrected chi connectivity index (χ2v) is 7.31. The molecule has 3 rings (SSSR count). The Labute approximate surface area is 171 Å². The Bertz CT molecular complexity index is 891. The number of aliphatic carboxylic acids is 1. The number of carboxylic acids is 1. The smallest absolute Gasteiger partial charge is 0.328 e. The third-order valence-corrected chi connectivity index (χ3v) is 5.02. The van der Waals surface area contributed by atoms with Gasteiger partial charge in [0.05, 0.1) is 0 Å². The third kappa shape index (κ3) is 6.52. The molecular formula is C24H26N2O3. The van der Waals surface area contributed by atoms with Crippen molar-refractivity contribution in [2.45, 2.75) is 6.54 Å². The summed E-state index contributed by atoms with van der Waals surface area (Å²) in [5.74, 6) is -1.01. The lowest BCUT2D eigenvalue weighted by molar-refractivity contribution is -0.131. The van der Waals surface area contributed by atoms with Crippen LogP contribution in [0, 0.1) is 0 Å². The van der Waals surface area contributed by atoms with E-state index >= 15 is 0 Å². The van der Waals surface area contributed by atoms with E-state index < -0.39 is 5.97 Å². The van der Waals surface area contributed by atoms with Gasteiger partial charge in [-0.3, -0.25) is 9.69 Å². The van der Waals surface area contributed by atoms with Crippen molar-refractivity contribution in [3.8, 4) is 0 Å². The molecule has 1 N–H and O–H groups in total. The molecule has 0 saturated carbocycles. The zero-order valence-electron chi connectivity index (χ0n) is 16.6. The second kappa shape index (κ2) is 9.96. The van der Waals surface area contributed by atoms with Gasteiger partial charge < -0.3 is 10.0 Å². The Balaban J connectivity index is 1.55. The van der Waals surface area contributed by atoms with E-state index in [2.05, 4.69) is 16.8 Å². The first-order chi connectivity index (χ1) is 14.0. The minimum Gasteiger partial charge on any atom is -0.478 e. The van der Waals surface area contributed by atoms with E-state index in [0.29, 0.717) is 5.56 Å². The number of carbonyl (C=O) groups is 2. The highest BCUT2D eigenvalue weighted by Crippen LogP contribution is 2.12. The molecule has 1 aliphatic rings. The summed E-state index contributed by atoms with van der Waals surface area (Å²) < 4.78 is 0. The molecule has 1 heterocycles. The van der Waals surface area contributed by atoms with Crippen molar-refractivity contribution in [2.24, 2.45) is 0 Å². The van der Waals surface area contributed by atoms with Crippen LogP contribution >= 0.6 is 0 Å². The lowest BCUT2D eigenvalue weighted by Gasteiger charge is -2.32. The second-order valence-electron chi connectivity index (χ2n) is 7.31.